The van der Waals surface area contributed by atoms with Crippen molar-refractivity contribution >= 4 is 11.6 Å². The molecule has 1 aromatic rings. The average molecular weight is 165 g/mol. The zero-order chi connectivity index (χ0) is 8.55. The number of carbonyl (C=O) groups excluding carboxylic acids is 1. The van der Waals surface area contributed by atoms with Crippen molar-refractivity contribution in [3.05, 3.63) is 11.9 Å². The van der Waals surface area contributed by atoms with Crippen LogP contribution in [0.3, 0.4) is 0 Å². The number of fused-ring (bicyclic) bond motifs is 1. The summed E-state index contributed by atoms with van der Waals surface area (Å²) in [4.78, 5) is 11.1. The molecule has 64 valence electrons. The zero-order valence-corrected chi connectivity index (χ0v) is 7.00. The van der Waals surface area contributed by atoms with Crippen molar-refractivity contribution in [3.8, 4) is 0 Å². The van der Waals surface area contributed by atoms with Gasteiger partial charge in [-0.25, -0.2) is 0 Å². The van der Waals surface area contributed by atoms with Crippen molar-refractivity contribution in [2.75, 3.05) is 5.32 Å². The molecule has 4 heteroatoms. The van der Waals surface area contributed by atoms with E-state index >= 15 is 0 Å². The first kappa shape index (κ1) is 7.34. The lowest BCUT2D eigenvalue weighted by Gasteiger charge is -1.96. The second-order valence-electron chi connectivity index (χ2n) is 3.06. The van der Waals surface area contributed by atoms with Crippen LogP contribution in [0.1, 0.15) is 18.5 Å². The van der Waals surface area contributed by atoms with E-state index < -0.39 is 0 Å². The molecule has 1 aliphatic rings. The highest BCUT2D eigenvalue weighted by Crippen LogP contribution is 2.19. The Hall–Kier alpha value is -1.32. The van der Waals surface area contributed by atoms with Gasteiger partial charge in [-0.15, -0.1) is 0 Å². The van der Waals surface area contributed by atoms with E-state index in [2.05, 4.69) is 10.4 Å². The monoisotopic (exact) mass is 165 g/mol. The van der Waals surface area contributed by atoms with Gasteiger partial charge in [0.25, 0.3) is 0 Å². The molecule has 1 aliphatic heterocycles. The van der Waals surface area contributed by atoms with Crippen molar-refractivity contribution in [2.45, 2.75) is 19.3 Å². The molecule has 0 saturated heterocycles. The number of nitrogens with zero attached hydrogens (tertiary/aromatic N) is 2. The van der Waals surface area contributed by atoms with E-state index in [-0.39, 0.29) is 5.91 Å². The van der Waals surface area contributed by atoms with Crippen LogP contribution in [-0.4, -0.2) is 15.7 Å². The standard InChI is InChI=1S/C8H11N3O/c1-11-5-7-6(10-11)3-2-4-8(12)9-7/h5H,2-4H2,1H3,(H,9,12). The van der Waals surface area contributed by atoms with Gasteiger partial charge in [0.1, 0.15) is 0 Å². The van der Waals surface area contributed by atoms with Gasteiger partial charge < -0.3 is 5.32 Å². The van der Waals surface area contributed by atoms with Gasteiger partial charge in [0.15, 0.2) is 0 Å². The Bertz CT molecular complexity index is 316. The third-order valence-corrected chi connectivity index (χ3v) is 2.00. The summed E-state index contributed by atoms with van der Waals surface area (Å²) in [5, 5.41) is 7.07. The molecule has 0 bridgehead atoms. The number of hydrogen-bond acceptors (Lipinski definition) is 2. The topological polar surface area (TPSA) is 46.9 Å². The Morgan fingerprint density at radius 1 is 1.58 bits per heavy atom. The summed E-state index contributed by atoms with van der Waals surface area (Å²) in [6, 6.07) is 0. The third kappa shape index (κ3) is 1.20. The fraction of sp³-hybridized carbons (Fsp3) is 0.500. The Morgan fingerprint density at radius 2 is 2.42 bits per heavy atom. The number of anilines is 1. The lowest BCUT2D eigenvalue weighted by Crippen LogP contribution is -2.08. The molecule has 2 heterocycles. The van der Waals surface area contributed by atoms with Gasteiger partial charge in [0, 0.05) is 19.7 Å². The zero-order valence-electron chi connectivity index (χ0n) is 7.00. The van der Waals surface area contributed by atoms with Crippen LogP contribution in [0.15, 0.2) is 6.20 Å². The van der Waals surface area contributed by atoms with E-state index in [1.807, 2.05) is 13.2 Å². The number of rotatable bonds is 0. The van der Waals surface area contributed by atoms with Gasteiger partial charge in [-0.3, -0.25) is 9.48 Å². The van der Waals surface area contributed by atoms with Gasteiger partial charge in [-0.2, -0.15) is 5.10 Å². The summed E-state index contributed by atoms with van der Waals surface area (Å²) in [5.41, 5.74) is 1.88. The molecule has 4 nitrogen and oxygen atoms in total. The normalized spacial score (nSPS) is 16.6. The number of hydrogen-bond donors (Lipinski definition) is 1. The number of amides is 1. The summed E-state index contributed by atoms with van der Waals surface area (Å²) < 4.78 is 1.73. The third-order valence-electron chi connectivity index (χ3n) is 2.00. The van der Waals surface area contributed by atoms with E-state index in [4.69, 9.17) is 0 Å². The summed E-state index contributed by atoms with van der Waals surface area (Å²) >= 11 is 0. The van der Waals surface area contributed by atoms with Crippen molar-refractivity contribution < 1.29 is 4.79 Å². The lowest BCUT2D eigenvalue weighted by molar-refractivity contribution is -0.116. The molecule has 12 heavy (non-hydrogen) atoms. The van der Waals surface area contributed by atoms with Crippen LogP contribution in [0.5, 0.6) is 0 Å². The quantitative estimate of drug-likeness (QED) is 0.615. The van der Waals surface area contributed by atoms with Crippen molar-refractivity contribution in [3.63, 3.8) is 0 Å². The van der Waals surface area contributed by atoms with Gasteiger partial charge in [0.2, 0.25) is 5.91 Å². The van der Waals surface area contributed by atoms with E-state index in [1.54, 1.807) is 4.68 Å². The molecule has 0 atom stereocenters. The molecule has 0 aromatic carbocycles. The van der Waals surface area contributed by atoms with Crippen molar-refractivity contribution in [1.82, 2.24) is 9.78 Å². The molecule has 0 unspecified atom stereocenters. The van der Waals surface area contributed by atoms with Crippen LogP contribution < -0.4 is 5.32 Å². The highest BCUT2D eigenvalue weighted by Gasteiger charge is 2.14. The maximum absolute atomic E-state index is 11.1. The smallest absolute Gasteiger partial charge is 0.224 e. The molecule has 1 aromatic heterocycles. The molecule has 0 spiro atoms. The summed E-state index contributed by atoms with van der Waals surface area (Å²) in [5.74, 6) is 0.0988. The van der Waals surface area contributed by atoms with Crippen molar-refractivity contribution in [2.24, 2.45) is 7.05 Å². The predicted molar refractivity (Wildman–Crippen MR) is 44.8 cm³/mol. The Kier molecular flexibility index (Phi) is 1.60. The fourth-order valence-electron chi connectivity index (χ4n) is 1.45. The molecule has 0 radical (unpaired) electrons. The fourth-order valence-corrected chi connectivity index (χ4v) is 1.45. The maximum atomic E-state index is 11.1. The first-order valence-corrected chi connectivity index (χ1v) is 4.08. The van der Waals surface area contributed by atoms with E-state index in [1.165, 1.54) is 0 Å². The minimum atomic E-state index is 0.0988. The molecule has 2 rings (SSSR count). The second kappa shape index (κ2) is 2.62. The summed E-state index contributed by atoms with van der Waals surface area (Å²) in [6.45, 7) is 0. The van der Waals surface area contributed by atoms with Gasteiger partial charge in [0.05, 0.1) is 11.4 Å². The number of aromatic nitrogens is 2. The van der Waals surface area contributed by atoms with E-state index in [0.29, 0.717) is 6.42 Å². The van der Waals surface area contributed by atoms with E-state index in [0.717, 1.165) is 24.2 Å². The van der Waals surface area contributed by atoms with Crippen LogP contribution in [0.2, 0.25) is 0 Å². The lowest BCUT2D eigenvalue weighted by atomic mass is 10.2. The van der Waals surface area contributed by atoms with E-state index in [9.17, 15) is 4.79 Å². The molecular weight excluding hydrogens is 154 g/mol. The number of carbonyl (C=O) groups is 1. The van der Waals surface area contributed by atoms with Gasteiger partial charge in [-0.05, 0) is 12.8 Å². The summed E-state index contributed by atoms with van der Waals surface area (Å²) in [6.07, 6.45) is 4.25. The molecule has 0 fully saturated rings. The van der Waals surface area contributed by atoms with Crippen LogP contribution in [0.4, 0.5) is 5.69 Å². The molecular formula is C8H11N3O. The SMILES string of the molecule is Cn1cc2c(n1)CCCC(=O)N2. The summed E-state index contributed by atoms with van der Waals surface area (Å²) in [7, 11) is 1.86. The molecule has 0 saturated carbocycles. The Labute approximate surface area is 70.6 Å². The maximum Gasteiger partial charge on any atom is 0.224 e. The average Bonchev–Trinajstić information content (AvgIpc) is 2.23. The Balaban J connectivity index is 2.36. The highest BCUT2D eigenvalue weighted by molar-refractivity contribution is 5.91. The minimum absolute atomic E-state index is 0.0988. The highest BCUT2D eigenvalue weighted by atomic mass is 16.1. The van der Waals surface area contributed by atoms with Crippen LogP contribution in [-0.2, 0) is 18.3 Å². The number of aryl methyl sites for hydroxylation is 2. The van der Waals surface area contributed by atoms with Crippen molar-refractivity contribution in [1.29, 1.82) is 0 Å². The first-order chi connectivity index (χ1) is 5.75. The largest absolute Gasteiger partial charge is 0.323 e. The minimum Gasteiger partial charge on any atom is -0.323 e. The van der Waals surface area contributed by atoms with Crippen LogP contribution >= 0.6 is 0 Å². The van der Waals surface area contributed by atoms with Crippen LogP contribution in [0, 0.1) is 0 Å². The number of nitrogens with one attached hydrogen (secondary N) is 1. The first-order valence-electron chi connectivity index (χ1n) is 4.08. The molecule has 1 amide bonds. The Morgan fingerprint density at radius 3 is 3.25 bits per heavy atom. The van der Waals surface area contributed by atoms with Gasteiger partial charge in [-0.1, -0.05) is 0 Å². The second-order valence-corrected chi connectivity index (χ2v) is 3.06. The molecule has 1 N–H and O–H groups in total. The van der Waals surface area contributed by atoms with Crippen LogP contribution in [0.25, 0.3) is 0 Å². The van der Waals surface area contributed by atoms with Gasteiger partial charge >= 0.3 is 0 Å². The molecule has 0 aliphatic carbocycles. The predicted octanol–water partition coefficient (Wildman–Crippen LogP) is 0.695.